The predicted octanol–water partition coefficient (Wildman–Crippen LogP) is 3.24. The third-order valence-corrected chi connectivity index (χ3v) is 7.09. The number of rotatable bonds is 5. The van der Waals surface area contributed by atoms with Crippen molar-refractivity contribution in [1.82, 2.24) is 9.62 Å². The molecule has 27 heavy (non-hydrogen) atoms. The van der Waals surface area contributed by atoms with Crippen molar-refractivity contribution in [2.24, 2.45) is 0 Å². The van der Waals surface area contributed by atoms with Crippen LogP contribution in [-0.4, -0.2) is 32.2 Å². The van der Waals surface area contributed by atoms with E-state index in [0.717, 1.165) is 22.7 Å². The molecule has 0 saturated heterocycles. The highest BCUT2D eigenvalue weighted by Crippen LogP contribution is 2.41. The van der Waals surface area contributed by atoms with E-state index in [1.54, 1.807) is 18.2 Å². The number of carbonyl (C=O) groups excluding carboxylic acids is 1. The Morgan fingerprint density at radius 2 is 1.74 bits per heavy atom. The number of amides is 1. The normalized spacial score (nSPS) is 18.7. The minimum atomic E-state index is -3.68. The molecule has 2 aromatic carbocycles. The van der Waals surface area contributed by atoms with Crippen molar-refractivity contribution in [2.75, 3.05) is 13.6 Å². The van der Waals surface area contributed by atoms with Gasteiger partial charge in [-0.1, -0.05) is 56.3 Å². The predicted molar refractivity (Wildman–Crippen MR) is 106 cm³/mol. The quantitative estimate of drug-likeness (QED) is 0.858. The number of nitrogens with zero attached hydrogens (tertiary/aromatic N) is 1. The molecule has 0 spiro atoms. The van der Waals surface area contributed by atoms with Crippen molar-refractivity contribution in [3.05, 3.63) is 65.7 Å². The SMILES string of the molecule is CN(CC(=O)NC1CCC(C)(C)c2ccccc21)S(=O)(=O)c1ccccc1. The van der Waals surface area contributed by atoms with E-state index in [2.05, 4.69) is 25.2 Å². The van der Waals surface area contributed by atoms with Crippen LogP contribution in [0.1, 0.15) is 43.9 Å². The lowest BCUT2D eigenvalue weighted by atomic mass is 9.71. The molecule has 1 amide bonds. The van der Waals surface area contributed by atoms with Gasteiger partial charge in [0.15, 0.2) is 0 Å². The summed E-state index contributed by atoms with van der Waals surface area (Å²) in [6.07, 6.45) is 1.80. The maximum absolute atomic E-state index is 12.6. The third kappa shape index (κ3) is 4.06. The van der Waals surface area contributed by atoms with Crippen LogP contribution in [0.15, 0.2) is 59.5 Å². The fourth-order valence-corrected chi connectivity index (χ4v) is 4.81. The maximum atomic E-state index is 12.6. The van der Waals surface area contributed by atoms with Gasteiger partial charge in [-0.05, 0) is 41.5 Å². The summed E-state index contributed by atoms with van der Waals surface area (Å²) in [5.41, 5.74) is 2.44. The Labute approximate surface area is 161 Å². The Bertz CT molecular complexity index is 923. The summed E-state index contributed by atoms with van der Waals surface area (Å²) in [6, 6.07) is 16.2. The fourth-order valence-electron chi connectivity index (χ4n) is 3.66. The van der Waals surface area contributed by atoms with E-state index in [1.165, 1.54) is 24.7 Å². The van der Waals surface area contributed by atoms with E-state index in [-0.39, 0.29) is 28.8 Å². The fraction of sp³-hybridized carbons (Fsp3) is 0.381. The van der Waals surface area contributed by atoms with Gasteiger partial charge in [0, 0.05) is 7.05 Å². The summed E-state index contributed by atoms with van der Waals surface area (Å²) in [4.78, 5) is 12.7. The second-order valence-electron chi connectivity index (χ2n) is 7.70. The molecule has 0 aromatic heterocycles. The first kappa shape index (κ1) is 19.6. The van der Waals surface area contributed by atoms with Crippen molar-refractivity contribution < 1.29 is 13.2 Å². The van der Waals surface area contributed by atoms with Crippen LogP contribution in [0.25, 0.3) is 0 Å². The van der Waals surface area contributed by atoms with Gasteiger partial charge in [0.1, 0.15) is 0 Å². The number of sulfonamides is 1. The highest BCUT2D eigenvalue weighted by Gasteiger charge is 2.33. The molecule has 1 N–H and O–H groups in total. The molecule has 0 radical (unpaired) electrons. The molecule has 3 rings (SSSR count). The first-order chi connectivity index (χ1) is 12.7. The number of carbonyl (C=O) groups is 1. The lowest BCUT2D eigenvalue weighted by Crippen LogP contribution is -2.41. The standard InChI is InChI=1S/C21H26N2O3S/c1-21(2)14-13-19(17-11-7-8-12-18(17)21)22-20(24)15-23(3)27(25,26)16-9-5-4-6-10-16/h4-12,19H,13-15H2,1-3H3,(H,22,24). The molecule has 1 atom stereocenters. The molecule has 1 aliphatic rings. The average molecular weight is 387 g/mol. The first-order valence-corrected chi connectivity index (χ1v) is 10.6. The first-order valence-electron chi connectivity index (χ1n) is 9.12. The van der Waals surface area contributed by atoms with Crippen LogP contribution in [0.4, 0.5) is 0 Å². The average Bonchev–Trinajstić information content (AvgIpc) is 2.65. The van der Waals surface area contributed by atoms with Crippen molar-refractivity contribution in [2.45, 2.75) is 43.0 Å². The molecular weight excluding hydrogens is 360 g/mol. The number of hydrogen-bond donors (Lipinski definition) is 1. The van der Waals surface area contributed by atoms with Crippen molar-refractivity contribution in [3.8, 4) is 0 Å². The zero-order valence-corrected chi connectivity index (χ0v) is 16.8. The maximum Gasteiger partial charge on any atom is 0.243 e. The molecule has 0 fully saturated rings. The summed E-state index contributed by atoms with van der Waals surface area (Å²) < 4.78 is 26.3. The van der Waals surface area contributed by atoms with Gasteiger partial charge in [0.25, 0.3) is 0 Å². The Morgan fingerprint density at radius 3 is 2.44 bits per heavy atom. The summed E-state index contributed by atoms with van der Waals surface area (Å²) >= 11 is 0. The van der Waals surface area contributed by atoms with Crippen LogP contribution < -0.4 is 5.32 Å². The van der Waals surface area contributed by atoms with Gasteiger partial charge in [0.2, 0.25) is 15.9 Å². The van der Waals surface area contributed by atoms with Crippen molar-refractivity contribution in [3.63, 3.8) is 0 Å². The number of fused-ring (bicyclic) bond motifs is 1. The number of likely N-dealkylation sites (N-methyl/N-ethyl adjacent to an activating group) is 1. The van der Waals surface area contributed by atoms with Gasteiger partial charge in [-0.25, -0.2) is 8.42 Å². The molecular formula is C21H26N2O3S. The zero-order valence-electron chi connectivity index (χ0n) is 16.0. The summed E-state index contributed by atoms with van der Waals surface area (Å²) in [5, 5.41) is 3.02. The van der Waals surface area contributed by atoms with Gasteiger partial charge >= 0.3 is 0 Å². The van der Waals surface area contributed by atoms with Crippen molar-refractivity contribution >= 4 is 15.9 Å². The molecule has 144 valence electrons. The monoisotopic (exact) mass is 386 g/mol. The van der Waals surface area contributed by atoms with Crippen LogP contribution in [0.3, 0.4) is 0 Å². The third-order valence-electron chi connectivity index (χ3n) is 5.28. The van der Waals surface area contributed by atoms with E-state index in [0.29, 0.717) is 0 Å². The van der Waals surface area contributed by atoms with E-state index in [1.807, 2.05) is 18.2 Å². The smallest absolute Gasteiger partial charge is 0.243 e. The Hall–Kier alpha value is -2.18. The lowest BCUT2D eigenvalue weighted by Gasteiger charge is -2.37. The number of benzene rings is 2. The Morgan fingerprint density at radius 1 is 1.11 bits per heavy atom. The molecule has 1 aliphatic carbocycles. The molecule has 0 heterocycles. The minimum Gasteiger partial charge on any atom is -0.348 e. The van der Waals surface area contributed by atoms with Crippen LogP contribution in [-0.2, 0) is 20.2 Å². The van der Waals surface area contributed by atoms with E-state index in [9.17, 15) is 13.2 Å². The van der Waals surface area contributed by atoms with Crippen LogP contribution >= 0.6 is 0 Å². The molecule has 0 aliphatic heterocycles. The van der Waals surface area contributed by atoms with E-state index in [4.69, 9.17) is 0 Å². The molecule has 0 bridgehead atoms. The number of hydrogen-bond acceptors (Lipinski definition) is 3. The second-order valence-corrected chi connectivity index (χ2v) is 9.75. The van der Waals surface area contributed by atoms with Gasteiger partial charge in [-0.2, -0.15) is 4.31 Å². The van der Waals surface area contributed by atoms with Crippen LogP contribution in [0.5, 0.6) is 0 Å². The van der Waals surface area contributed by atoms with E-state index < -0.39 is 10.0 Å². The Kier molecular flexibility index (Phi) is 5.40. The highest BCUT2D eigenvalue weighted by atomic mass is 32.2. The molecule has 1 unspecified atom stereocenters. The van der Waals surface area contributed by atoms with Gasteiger partial charge in [-0.3, -0.25) is 4.79 Å². The van der Waals surface area contributed by atoms with E-state index >= 15 is 0 Å². The summed E-state index contributed by atoms with van der Waals surface area (Å²) in [5.74, 6) is -0.295. The lowest BCUT2D eigenvalue weighted by molar-refractivity contribution is -0.122. The van der Waals surface area contributed by atoms with Gasteiger partial charge in [-0.15, -0.1) is 0 Å². The van der Waals surface area contributed by atoms with Gasteiger partial charge in [0.05, 0.1) is 17.5 Å². The minimum absolute atomic E-state index is 0.0747. The summed E-state index contributed by atoms with van der Waals surface area (Å²) in [7, 11) is -2.25. The summed E-state index contributed by atoms with van der Waals surface area (Å²) in [6.45, 7) is 4.22. The molecule has 6 heteroatoms. The number of nitrogens with one attached hydrogen (secondary N) is 1. The topological polar surface area (TPSA) is 66.5 Å². The molecule has 0 saturated carbocycles. The van der Waals surface area contributed by atoms with Crippen molar-refractivity contribution in [1.29, 1.82) is 0 Å². The second kappa shape index (κ2) is 7.44. The Balaban J connectivity index is 1.72. The molecule has 5 nitrogen and oxygen atoms in total. The zero-order chi connectivity index (χ0) is 19.7. The largest absolute Gasteiger partial charge is 0.348 e. The highest BCUT2D eigenvalue weighted by molar-refractivity contribution is 7.89. The molecule has 2 aromatic rings. The van der Waals surface area contributed by atoms with Crippen LogP contribution in [0, 0.1) is 0 Å². The van der Waals surface area contributed by atoms with Crippen LogP contribution in [0.2, 0.25) is 0 Å². The van der Waals surface area contributed by atoms with Gasteiger partial charge < -0.3 is 5.32 Å².